The number of benzene rings is 2. The average Bonchev–Trinajstić information content (AvgIpc) is 2.78. The quantitative estimate of drug-likeness (QED) is 0.301. The van der Waals surface area contributed by atoms with E-state index in [2.05, 4.69) is 10.6 Å². The lowest BCUT2D eigenvalue weighted by Gasteiger charge is -2.17. The Kier molecular flexibility index (Phi) is 9.16. The van der Waals surface area contributed by atoms with Crippen LogP contribution in [0, 0.1) is 15.9 Å². The molecule has 0 aliphatic rings. The highest BCUT2D eigenvalue weighted by Crippen LogP contribution is 2.29. The topological polar surface area (TPSA) is 137 Å². The van der Waals surface area contributed by atoms with E-state index in [9.17, 15) is 28.9 Å². The van der Waals surface area contributed by atoms with Gasteiger partial charge in [-0.1, -0.05) is 0 Å². The van der Waals surface area contributed by atoms with Crippen LogP contribution in [-0.2, 0) is 19.1 Å². The summed E-state index contributed by atoms with van der Waals surface area (Å²) in [5, 5.41) is 15.2. The summed E-state index contributed by atoms with van der Waals surface area (Å²) in [6.45, 7) is 2.86. The van der Waals surface area contributed by atoms with Crippen LogP contribution in [0.25, 0.3) is 0 Å². The van der Waals surface area contributed by atoms with Crippen molar-refractivity contribution >= 4 is 46.6 Å². The van der Waals surface area contributed by atoms with E-state index in [1.165, 1.54) is 57.4 Å². The van der Waals surface area contributed by atoms with E-state index in [1.807, 2.05) is 0 Å². The molecule has 0 spiro atoms. The first kappa shape index (κ1) is 25.6. The van der Waals surface area contributed by atoms with E-state index in [0.717, 1.165) is 17.8 Å². The van der Waals surface area contributed by atoms with Crippen LogP contribution < -0.4 is 15.4 Å². The number of carbonyl (C=O) groups is 3. The number of nitrogens with one attached hydrogen (secondary N) is 2. The molecule has 2 N–H and O–H groups in total. The normalized spacial score (nSPS) is 12.2. The van der Waals surface area contributed by atoms with Gasteiger partial charge in [0.15, 0.2) is 6.10 Å². The van der Waals surface area contributed by atoms with Crippen LogP contribution in [0.2, 0.25) is 0 Å². The molecule has 2 aromatic carbocycles. The van der Waals surface area contributed by atoms with Gasteiger partial charge >= 0.3 is 5.97 Å². The zero-order chi connectivity index (χ0) is 24.5. The molecule has 0 radical (unpaired) electrons. The standard InChI is InChI=1S/C21H22FN3O7S/c1-12(20(27)24-17-10-16(25(29)30)8-9-18(17)31-3)32-21(28)13(2)33-11-19(26)23-15-6-4-14(22)5-7-15/h4-10,12-13H,11H2,1-3H3,(H,23,26)(H,24,27). The molecule has 2 atom stereocenters. The van der Waals surface area contributed by atoms with Gasteiger partial charge in [0.05, 0.1) is 23.5 Å². The van der Waals surface area contributed by atoms with E-state index in [4.69, 9.17) is 9.47 Å². The molecule has 0 fully saturated rings. The number of halogens is 1. The summed E-state index contributed by atoms with van der Waals surface area (Å²) < 4.78 is 23.1. The summed E-state index contributed by atoms with van der Waals surface area (Å²) in [5.41, 5.74) is 0.221. The second kappa shape index (κ2) is 11.8. The Morgan fingerprint density at radius 2 is 1.79 bits per heavy atom. The first-order chi connectivity index (χ1) is 15.6. The van der Waals surface area contributed by atoms with Gasteiger partial charge in [0.2, 0.25) is 5.91 Å². The third-order valence-corrected chi connectivity index (χ3v) is 5.36. The predicted octanol–water partition coefficient (Wildman–Crippen LogP) is 3.37. The monoisotopic (exact) mass is 479 g/mol. The summed E-state index contributed by atoms with van der Waals surface area (Å²) in [6, 6.07) is 8.92. The highest BCUT2D eigenvalue weighted by atomic mass is 32.2. The maximum atomic E-state index is 12.9. The smallest absolute Gasteiger partial charge is 0.319 e. The molecule has 10 nitrogen and oxygen atoms in total. The van der Waals surface area contributed by atoms with Gasteiger partial charge in [-0.15, -0.1) is 11.8 Å². The van der Waals surface area contributed by atoms with E-state index in [1.54, 1.807) is 0 Å². The Hall–Kier alpha value is -3.67. The van der Waals surface area contributed by atoms with Crippen LogP contribution in [0.3, 0.4) is 0 Å². The molecule has 0 saturated heterocycles. The lowest BCUT2D eigenvalue weighted by atomic mass is 10.2. The van der Waals surface area contributed by atoms with E-state index >= 15 is 0 Å². The minimum atomic E-state index is -1.21. The van der Waals surface area contributed by atoms with Crippen LogP contribution in [0.4, 0.5) is 21.5 Å². The van der Waals surface area contributed by atoms with Crippen molar-refractivity contribution in [3.8, 4) is 5.75 Å². The van der Waals surface area contributed by atoms with Gasteiger partial charge in [-0.05, 0) is 44.2 Å². The van der Waals surface area contributed by atoms with Crippen molar-refractivity contribution in [1.82, 2.24) is 0 Å². The number of anilines is 2. The first-order valence-electron chi connectivity index (χ1n) is 9.61. The predicted molar refractivity (Wildman–Crippen MR) is 121 cm³/mol. The van der Waals surface area contributed by atoms with E-state index in [0.29, 0.717) is 5.69 Å². The minimum Gasteiger partial charge on any atom is -0.495 e. The molecule has 176 valence electrons. The minimum absolute atomic E-state index is 0.0551. The number of non-ortho nitro benzene ring substituents is 1. The van der Waals surface area contributed by atoms with E-state index in [-0.39, 0.29) is 22.9 Å². The number of nitro groups is 1. The number of amides is 2. The molecule has 2 amide bonds. The van der Waals surface area contributed by atoms with Gasteiger partial charge in [0, 0.05) is 17.8 Å². The van der Waals surface area contributed by atoms with Crippen molar-refractivity contribution in [1.29, 1.82) is 0 Å². The van der Waals surface area contributed by atoms with Crippen LogP contribution in [-0.4, -0.2) is 46.9 Å². The van der Waals surface area contributed by atoms with Gasteiger partial charge < -0.3 is 20.1 Å². The fraction of sp³-hybridized carbons (Fsp3) is 0.286. The largest absolute Gasteiger partial charge is 0.495 e. The molecule has 2 aromatic rings. The fourth-order valence-electron chi connectivity index (χ4n) is 2.46. The van der Waals surface area contributed by atoms with Gasteiger partial charge in [-0.25, -0.2) is 4.39 Å². The number of rotatable bonds is 10. The van der Waals surface area contributed by atoms with Gasteiger partial charge in [0.25, 0.3) is 11.6 Å². The Labute approximate surface area is 193 Å². The van der Waals surface area contributed by atoms with Crippen molar-refractivity contribution in [2.24, 2.45) is 0 Å². The molecule has 2 unspecified atom stereocenters. The van der Waals surface area contributed by atoms with Crippen molar-refractivity contribution in [3.05, 3.63) is 58.4 Å². The lowest BCUT2D eigenvalue weighted by molar-refractivity contribution is -0.384. The van der Waals surface area contributed by atoms with Crippen LogP contribution >= 0.6 is 11.8 Å². The van der Waals surface area contributed by atoms with Crippen LogP contribution in [0.5, 0.6) is 5.75 Å². The van der Waals surface area contributed by atoms with Crippen molar-refractivity contribution in [2.75, 3.05) is 23.5 Å². The van der Waals surface area contributed by atoms with Crippen molar-refractivity contribution in [2.45, 2.75) is 25.2 Å². The van der Waals surface area contributed by atoms with Gasteiger partial charge in [-0.3, -0.25) is 24.5 Å². The molecule has 0 bridgehead atoms. The molecule has 2 rings (SSSR count). The molecular weight excluding hydrogens is 457 g/mol. The molecule has 12 heteroatoms. The van der Waals surface area contributed by atoms with E-state index < -0.39 is 39.9 Å². The van der Waals surface area contributed by atoms with Crippen LogP contribution in [0.15, 0.2) is 42.5 Å². The zero-order valence-corrected chi connectivity index (χ0v) is 18.8. The summed E-state index contributed by atoms with van der Waals surface area (Å²) in [5.74, 6) is -2.13. The van der Waals surface area contributed by atoms with Crippen LogP contribution in [0.1, 0.15) is 13.8 Å². The van der Waals surface area contributed by atoms with Gasteiger partial charge in [-0.2, -0.15) is 0 Å². The number of ether oxygens (including phenoxy) is 2. The number of nitro benzene ring substituents is 1. The number of thioether (sulfide) groups is 1. The molecule has 0 saturated carbocycles. The van der Waals surface area contributed by atoms with Gasteiger partial charge in [0.1, 0.15) is 16.8 Å². The van der Waals surface area contributed by atoms with Crippen molar-refractivity contribution in [3.63, 3.8) is 0 Å². The Balaban J connectivity index is 1.86. The Morgan fingerprint density at radius 1 is 1.12 bits per heavy atom. The number of carbonyl (C=O) groups excluding carboxylic acids is 3. The number of hydrogen-bond donors (Lipinski definition) is 2. The number of esters is 1. The lowest BCUT2D eigenvalue weighted by Crippen LogP contribution is -2.33. The average molecular weight is 479 g/mol. The number of nitrogens with zero attached hydrogens (tertiary/aromatic N) is 1. The Morgan fingerprint density at radius 3 is 2.39 bits per heavy atom. The fourth-order valence-corrected chi connectivity index (χ4v) is 3.13. The maximum absolute atomic E-state index is 12.9. The molecule has 0 aromatic heterocycles. The molecule has 0 aliphatic heterocycles. The summed E-state index contributed by atoms with van der Waals surface area (Å²) in [7, 11) is 1.34. The zero-order valence-electron chi connectivity index (χ0n) is 18.0. The SMILES string of the molecule is COc1ccc([N+](=O)[O-])cc1NC(=O)C(C)OC(=O)C(C)SCC(=O)Nc1ccc(F)cc1. The maximum Gasteiger partial charge on any atom is 0.319 e. The third-order valence-electron chi connectivity index (χ3n) is 4.24. The molecular formula is C21H22FN3O7S. The second-order valence-electron chi connectivity index (χ2n) is 6.72. The summed E-state index contributed by atoms with van der Waals surface area (Å²) >= 11 is 0.997. The highest BCUT2D eigenvalue weighted by Gasteiger charge is 2.24. The second-order valence-corrected chi connectivity index (χ2v) is 8.05. The molecule has 0 heterocycles. The molecule has 33 heavy (non-hydrogen) atoms. The van der Waals surface area contributed by atoms with Crippen molar-refractivity contribution < 1.29 is 33.2 Å². The number of hydrogen-bond acceptors (Lipinski definition) is 8. The Bertz CT molecular complexity index is 1030. The third kappa shape index (κ3) is 7.75. The first-order valence-corrected chi connectivity index (χ1v) is 10.7. The number of methoxy groups -OCH3 is 1. The summed E-state index contributed by atoms with van der Waals surface area (Å²) in [6.07, 6.45) is -1.21. The summed E-state index contributed by atoms with van der Waals surface area (Å²) in [4.78, 5) is 47.0. The highest BCUT2D eigenvalue weighted by molar-refractivity contribution is 8.01. The molecule has 0 aliphatic carbocycles.